The predicted octanol–water partition coefficient (Wildman–Crippen LogP) is 2.97. The van der Waals surface area contributed by atoms with Crippen molar-refractivity contribution >= 4 is 0 Å². The van der Waals surface area contributed by atoms with Crippen LogP contribution in [0.2, 0.25) is 0 Å². The van der Waals surface area contributed by atoms with Gasteiger partial charge in [0.05, 0.1) is 0 Å². The third-order valence-corrected chi connectivity index (χ3v) is 3.41. The average molecular weight is 289 g/mol. The molecule has 0 aliphatic heterocycles. The summed E-state index contributed by atoms with van der Waals surface area (Å²) >= 11 is 0. The highest BCUT2D eigenvalue weighted by molar-refractivity contribution is 5.18. The summed E-state index contributed by atoms with van der Waals surface area (Å²) in [6, 6.07) is 10.00. The van der Waals surface area contributed by atoms with Crippen LogP contribution in [-0.4, -0.2) is 16.7 Å². The van der Waals surface area contributed by atoms with Gasteiger partial charge in [0.2, 0.25) is 11.7 Å². The van der Waals surface area contributed by atoms with Crippen molar-refractivity contribution in [2.45, 2.75) is 45.3 Å². The molecule has 5 heteroatoms. The van der Waals surface area contributed by atoms with Crippen molar-refractivity contribution in [1.29, 1.82) is 0 Å². The number of hydrogen-bond donors (Lipinski definition) is 1. The number of nitrogens with two attached hydrogens (primary N) is 1. The monoisotopic (exact) mass is 289 g/mol. The van der Waals surface area contributed by atoms with Crippen molar-refractivity contribution in [3.05, 3.63) is 47.6 Å². The van der Waals surface area contributed by atoms with E-state index in [1.807, 2.05) is 51.1 Å². The van der Waals surface area contributed by atoms with E-state index in [4.69, 9.17) is 15.0 Å². The lowest BCUT2D eigenvalue weighted by Gasteiger charge is -2.19. The highest BCUT2D eigenvalue weighted by atomic mass is 16.5. The Balaban J connectivity index is 1.94. The number of ether oxygens (including phenoxy) is 1. The average Bonchev–Trinajstić information content (AvgIpc) is 2.95. The molecule has 0 aliphatic carbocycles. The molecule has 0 amide bonds. The van der Waals surface area contributed by atoms with E-state index in [0.29, 0.717) is 24.7 Å². The highest BCUT2D eigenvalue weighted by Gasteiger charge is 2.27. The first kappa shape index (κ1) is 15.7. The van der Waals surface area contributed by atoms with Crippen LogP contribution in [0.3, 0.4) is 0 Å². The first-order valence-corrected chi connectivity index (χ1v) is 7.30. The van der Waals surface area contributed by atoms with Gasteiger partial charge in [-0.05, 0) is 32.8 Å². The van der Waals surface area contributed by atoms with Crippen molar-refractivity contribution in [1.82, 2.24) is 10.1 Å². The molecule has 0 saturated heterocycles. The lowest BCUT2D eigenvalue weighted by molar-refractivity contribution is -0.0221. The maximum Gasteiger partial charge on any atom is 0.226 e. The van der Waals surface area contributed by atoms with Gasteiger partial charge in [0, 0.05) is 19.1 Å². The first-order chi connectivity index (χ1) is 10.0. The van der Waals surface area contributed by atoms with E-state index >= 15 is 0 Å². The predicted molar refractivity (Wildman–Crippen MR) is 80.6 cm³/mol. The van der Waals surface area contributed by atoms with Gasteiger partial charge in [0.15, 0.2) is 0 Å². The van der Waals surface area contributed by atoms with Gasteiger partial charge in [-0.25, -0.2) is 0 Å². The molecule has 1 aromatic carbocycles. The van der Waals surface area contributed by atoms with Crippen LogP contribution >= 0.6 is 0 Å². The van der Waals surface area contributed by atoms with Gasteiger partial charge < -0.3 is 15.0 Å². The zero-order chi connectivity index (χ0) is 15.3. The Labute approximate surface area is 125 Å². The first-order valence-electron chi connectivity index (χ1n) is 7.30. The maximum absolute atomic E-state index is 6.17. The fourth-order valence-corrected chi connectivity index (χ4v) is 2.17. The van der Waals surface area contributed by atoms with Crippen LogP contribution < -0.4 is 5.73 Å². The molecule has 1 unspecified atom stereocenters. The third-order valence-electron chi connectivity index (χ3n) is 3.41. The van der Waals surface area contributed by atoms with Crippen molar-refractivity contribution < 1.29 is 9.26 Å². The zero-order valence-electron chi connectivity index (χ0n) is 12.9. The number of rotatable bonds is 7. The second-order valence-electron chi connectivity index (χ2n) is 5.51. The molecule has 0 spiro atoms. The smallest absolute Gasteiger partial charge is 0.226 e. The third kappa shape index (κ3) is 4.12. The normalized spacial score (nSPS) is 13.3. The Bertz CT molecular complexity index is 552. The molecule has 0 fully saturated rings. The summed E-state index contributed by atoms with van der Waals surface area (Å²) < 4.78 is 10.9. The second-order valence-corrected chi connectivity index (χ2v) is 5.51. The summed E-state index contributed by atoms with van der Waals surface area (Å²) in [5.41, 5.74) is 6.76. The molecular weight excluding hydrogens is 266 g/mol. The largest absolute Gasteiger partial charge is 0.368 e. The van der Waals surface area contributed by atoms with E-state index in [0.717, 1.165) is 12.0 Å². The molecule has 0 saturated carbocycles. The topological polar surface area (TPSA) is 74.2 Å². The SMILES string of the molecule is CCOC(C)(C)c1noc(CCC(N)c2ccccc2)n1. The van der Waals surface area contributed by atoms with Crippen LogP contribution in [0.4, 0.5) is 0 Å². The quantitative estimate of drug-likeness (QED) is 0.848. The van der Waals surface area contributed by atoms with Crippen LogP contribution in [-0.2, 0) is 16.8 Å². The van der Waals surface area contributed by atoms with Crippen molar-refractivity contribution in [2.75, 3.05) is 6.61 Å². The van der Waals surface area contributed by atoms with Crippen LogP contribution in [0.1, 0.15) is 50.5 Å². The minimum Gasteiger partial charge on any atom is -0.368 e. The molecule has 0 bridgehead atoms. The lowest BCUT2D eigenvalue weighted by atomic mass is 10.0. The maximum atomic E-state index is 6.17. The molecule has 1 atom stereocenters. The van der Waals surface area contributed by atoms with Gasteiger partial charge in [0.25, 0.3) is 0 Å². The fraction of sp³-hybridized carbons (Fsp3) is 0.500. The summed E-state index contributed by atoms with van der Waals surface area (Å²) in [7, 11) is 0. The van der Waals surface area contributed by atoms with E-state index in [-0.39, 0.29) is 6.04 Å². The van der Waals surface area contributed by atoms with E-state index in [9.17, 15) is 0 Å². The van der Waals surface area contributed by atoms with Crippen LogP contribution in [0.5, 0.6) is 0 Å². The molecule has 114 valence electrons. The number of nitrogens with zero attached hydrogens (tertiary/aromatic N) is 2. The molecule has 0 radical (unpaired) electrons. The van der Waals surface area contributed by atoms with Crippen LogP contribution in [0, 0.1) is 0 Å². The zero-order valence-corrected chi connectivity index (χ0v) is 12.9. The standard InChI is InChI=1S/C16H23N3O2/c1-4-20-16(2,3)15-18-14(21-19-15)11-10-13(17)12-8-6-5-7-9-12/h5-9,13H,4,10-11,17H2,1-3H3. The Morgan fingerprint density at radius 2 is 2.00 bits per heavy atom. The molecule has 2 rings (SSSR count). The van der Waals surface area contributed by atoms with Crippen molar-refractivity contribution in [3.8, 4) is 0 Å². The minimum atomic E-state index is -0.530. The molecule has 1 heterocycles. The summed E-state index contributed by atoms with van der Waals surface area (Å²) in [6.45, 7) is 6.42. The molecule has 2 N–H and O–H groups in total. The van der Waals surface area contributed by atoms with E-state index in [1.54, 1.807) is 0 Å². The Morgan fingerprint density at radius 1 is 1.29 bits per heavy atom. The Hall–Kier alpha value is -1.72. The number of aromatic nitrogens is 2. The highest BCUT2D eigenvalue weighted by Crippen LogP contribution is 2.22. The van der Waals surface area contributed by atoms with Gasteiger partial charge in [-0.2, -0.15) is 4.98 Å². The Morgan fingerprint density at radius 3 is 2.67 bits per heavy atom. The molecular formula is C16H23N3O2. The number of aryl methyl sites for hydroxylation is 1. The summed E-state index contributed by atoms with van der Waals surface area (Å²) in [6.07, 6.45) is 1.42. The lowest BCUT2D eigenvalue weighted by Crippen LogP contribution is -2.23. The van der Waals surface area contributed by atoms with Gasteiger partial charge in [-0.3, -0.25) is 0 Å². The minimum absolute atomic E-state index is 0.0264. The molecule has 1 aromatic heterocycles. The summed E-state index contributed by atoms with van der Waals surface area (Å²) in [4.78, 5) is 4.41. The van der Waals surface area contributed by atoms with Crippen LogP contribution in [0.25, 0.3) is 0 Å². The van der Waals surface area contributed by atoms with Gasteiger partial charge in [-0.1, -0.05) is 35.5 Å². The van der Waals surface area contributed by atoms with Crippen LogP contribution in [0.15, 0.2) is 34.9 Å². The number of hydrogen-bond acceptors (Lipinski definition) is 5. The summed E-state index contributed by atoms with van der Waals surface area (Å²) in [5, 5.41) is 4.01. The van der Waals surface area contributed by atoms with E-state index < -0.39 is 5.60 Å². The number of benzene rings is 1. The van der Waals surface area contributed by atoms with Crippen molar-refractivity contribution in [2.24, 2.45) is 5.73 Å². The van der Waals surface area contributed by atoms with Gasteiger partial charge in [0.1, 0.15) is 5.60 Å². The van der Waals surface area contributed by atoms with Gasteiger partial charge in [-0.15, -0.1) is 0 Å². The Kier molecular flexibility index (Phi) is 5.09. The molecule has 5 nitrogen and oxygen atoms in total. The molecule has 2 aromatic rings. The fourth-order valence-electron chi connectivity index (χ4n) is 2.17. The van der Waals surface area contributed by atoms with Gasteiger partial charge >= 0.3 is 0 Å². The molecule has 0 aliphatic rings. The second kappa shape index (κ2) is 6.83. The van der Waals surface area contributed by atoms with Crippen molar-refractivity contribution in [3.63, 3.8) is 0 Å². The molecule has 21 heavy (non-hydrogen) atoms. The van der Waals surface area contributed by atoms with E-state index in [2.05, 4.69) is 10.1 Å². The van der Waals surface area contributed by atoms with E-state index in [1.165, 1.54) is 0 Å². The summed E-state index contributed by atoms with van der Waals surface area (Å²) in [5.74, 6) is 1.18.